The van der Waals surface area contributed by atoms with E-state index in [1.54, 1.807) is 24.9 Å². The van der Waals surface area contributed by atoms with E-state index in [0.717, 1.165) is 21.7 Å². The Kier molecular flexibility index (Phi) is 6.04. The Labute approximate surface area is 147 Å². The van der Waals surface area contributed by atoms with Crippen LogP contribution in [0.3, 0.4) is 0 Å². The highest BCUT2D eigenvalue weighted by molar-refractivity contribution is 7.98. The van der Waals surface area contributed by atoms with Crippen LogP contribution in [0.1, 0.15) is 21.5 Å². The molecule has 0 aliphatic heterocycles. The van der Waals surface area contributed by atoms with Crippen LogP contribution in [0.4, 0.5) is 5.69 Å². The van der Waals surface area contributed by atoms with Gasteiger partial charge in [-0.1, -0.05) is 24.3 Å². The van der Waals surface area contributed by atoms with E-state index >= 15 is 0 Å². The van der Waals surface area contributed by atoms with Gasteiger partial charge in [-0.3, -0.25) is 9.59 Å². The van der Waals surface area contributed by atoms with Crippen molar-refractivity contribution < 1.29 is 9.59 Å². The van der Waals surface area contributed by atoms with Crippen LogP contribution in [-0.2, 0) is 4.79 Å². The number of nitrogens with zero attached hydrogens (tertiary/aromatic N) is 1. The average Bonchev–Trinajstić information content (AvgIpc) is 2.57. The molecule has 0 aromatic heterocycles. The molecule has 126 valence electrons. The van der Waals surface area contributed by atoms with Crippen molar-refractivity contribution in [1.29, 1.82) is 0 Å². The van der Waals surface area contributed by atoms with Gasteiger partial charge in [0, 0.05) is 17.5 Å². The van der Waals surface area contributed by atoms with Crippen molar-refractivity contribution in [2.75, 3.05) is 25.2 Å². The lowest BCUT2D eigenvalue weighted by Gasteiger charge is -2.19. The summed E-state index contributed by atoms with van der Waals surface area (Å²) >= 11 is 1.57. The SMILES string of the molecule is CSc1ccccc1NC(=O)CN(C)C(=O)c1cccc(C)c1C. The Bertz CT molecular complexity index is 759. The molecule has 0 aliphatic rings. The van der Waals surface area contributed by atoms with Gasteiger partial charge in [-0.2, -0.15) is 0 Å². The minimum Gasteiger partial charge on any atom is -0.332 e. The maximum atomic E-state index is 12.6. The van der Waals surface area contributed by atoms with Gasteiger partial charge in [0.2, 0.25) is 5.91 Å². The van der Waals surface area contributed by atoms with E-state index in [0.29, 0.717) is 5.56 Å². The number of aryl methyl sites for hydroxylation is 1. The number of amides is 2. The first-order valence-corrected chi connectivity index (χ1v) is 8.91. The Balaban J connectivity index is 2.06. The topological polar surface area (TPSA) is 49.4 Å². The largest absolute Gasteiger partial charge is 0.332 e. The summed E-state index contributed by atoms with van der Waals surface area (Å²) in [5.41, 5.74) is 3.41. The van der Waals surface area contributed by atoms with Crippen LogP contribution in [0.15, 0.2) is 47.4 Å². The van der Waals surface area contributed by atoms with E-state index in [1.807, 2.05) is 56.5 Å². The second-order valence-electron chi connectivity index (χ2n) is 5.66. The highest BCUT2D eigenvalue weighted by Crippen LogP contribution is 2.24. The summed E-state index contributed by atoms with van der Waals surface area (Å²) in [6.07, 6.45) is 1.96. The molecule has 24 heavy (non-hydrogen) atoms. The molecule has 4 nitrogen and oxygen atoms in total. The number of anilines is 1. The minimum atomic E-state index is -0.211. The fourth-order valence-electron chi connectivity index (χ4n) is 2.41. The summed E-state index contributed by atoms with van der Waals surface area (Å²) in [5, 5.41) is 2.87. The first-order valence-electron chi connectivity index (χ1n) is 7.68. The number of hydrogen-bond acceptors (Lipinski definition) is 3. The predicted molar refractivity (Wildman–Crippen MR) is 99.7 cm³/mol. The Morgan fingerprint density at radius 1 is 1.08 bits per heavy atom. The lowest BCUT2D eigenvalue weighted by atomic mass is 10.0. The maximum Gasteiger partial charge on any atom is 0.254 e. The molecule has 0 heterocycles. The molecule has 0 radical (unpaired) electrons. The molecule has 2 aromatic rings. The van der Waals surface area contributed by atoms with E-state index in [-0.39, 0.29) is 18.4 Å². The average molecular weight is 342 g/mol. The van der Waals surface area contributed by atoms with Crippen molar-refractivity contribution in [2.45, 2.75) is 18.7 Å². The van der Waals surface area contributed by atoms with E-state index in [4.69, 9.17) is 0 Å². The van der Waals surface area contributed by atoms with Gasteiger partial charge < -0.3 is 10.2 Å². The van der Waals surface area contributed by atoms with Crippen molar-refractivity contribution in [1.82, 2.24) is 4.90 Å². The van der Waals surface area contributed by atoms with Crippen LogP contribution >= 0.6 is 11.8 Å². The van der Waals surface area contributed by atoms with Gasteiger partial charge in [-0.15, -0.1) is 11.8 Å². The third kappa shape index (κ3) is 4.17. The zero-order chi connectivity index (χ0) is 17.7. The van der Waals surface area contributed by atoms with Crippen LogP contribution in [0.2, 0.25) is 0 Å². The molecular weight excluding hydrogens is 320 g/mol. The highest BCUT2D eigenvalue weighted by atomic mass is 32.2. The van der Waals surface area contributed by atoms with Gasteiger partial charge in [0.25, 0.3) is 5.91 Å². The van der Waals surface area contributed by atoms with E-state index in [2.05, 4.69) is 5.32 Å². The number of benzene rings is 2. The molecule has 0 saturated carbocycles. The van der Waals surface area contributed by atoms with E-state index < -0.39 is 0 Å². The Morgan fingerprint density at radius 2 is 1.79 bits per heavy atom. The zero-order valence-corrected chi connectivity index (χ0v) is 15.2. The van der Waals surface area contributed by atoms with Crippen molar-refractivity contribution in [3.05, 3.63) is 59.2 Å². The molecule has 1 N–H and O–H groups in total. The maximum absolute atomic E-state index is 12.6. The molecule has 0 unspecified atom stereocenters. The summed E-state index contributed by atoms with van der Waals surface area (Å²) in [5.74, 6) is -0.359. The first-order chi connectivity index (χ1) is 11.4. The van der Waals surface area contributed by atoms with Crippen molar-refractivity contribution in [2.24, 2.45) is 0 Å². The summed E-state index contributed by atoms with van der Waals surface area (Å²) in [6.45, 7) is 3.90. The summed E-state index contributed by atoms with van der Waals surface area (Å²) in [6, 6.07) is 13.2. The number of thioether (sulfide) groups is 1. The fourth-order valence-corrected chi connectivity index (χ4v) is 2.97. The second-order valence-corrected chi connectivity index (χ2v) is 6.51. The standard InChI is InChI=1S/C19H22N2O2S/c1-13-8-7-9-15(14(13)2)19(23)21(3)12-18(22)20-16-10-5-6-11-17(16)24-4/h5-11H,12H2,1-4H3,(H,20,22). The fraction of sp³-hybridized carbons (Fsp3) is 0.263. The Hall–Kier alpha value is -2.27. The van der Waals surface area contributed by atoms with Gasteiger partial charge in [0.1, 0.15) is 0 Å². The highest BCUT2D eigenvalue weighted by Gasteiger charge is 2.17. The van der Waals surface area contributed by atoms with E-state index in [9.17, 15) is 9.59 Å². The second kappa shape index (κ2) is 8.02. The number of rotatable bonds is 5. The van der Waals surface area contributed by atoms with E-state index in [1.165, 1.54) is 4.90 Å². The van der Waals surface area contributed by atoms with Gasteiger partial charge in [0.05, 0.1) is 12.2 Å². The smallest absolute Gasteiger partial charge is 0.254 e. The third-order valence-corrected chi connectivity index (χ3v) is 4.74. The summed E-state index contributed by atoms with van der Waals surface area (Å²) in [4.78, 5) is 27.3. The molecule has 0 bridgehead atoms. The van der Waals surface area contributed by atoms with Crippen molar-refractivity contribution in [3.8, 4) is 0 Å². The van der Waals surface area contributed by atoms with Crippen LogP contribution in [0.5, 0.6) is 0 Å². The molecule has 5 heteroatoms. The van der Waals surface area contributed by atoms with Gasteiger partial charge in [-0.25, -0.2) is 0 Å². The number of para-hydroxylation sites is 1. The van der Waals surface area contributed by atoms with Gasteiger partial charge in [-0.05, 0) is 49.4 Å². The Morgan fingerprint density at radius 3 is 2.50 bits per heavy atom. The van der Waals surface area contributed by atoms with Gasteiger partial charge >= 0.3 is 0 Å². The quantitative estimate of drug-likeness (QED) is 0.842. The molecule has 0 spiro atoms. The molecule has 0 saturated heterocycles. The van der Waals surface area contributed by atoms with Crippen LogP contribution in [0, 0.1) is 13.8 Å². The molecule has 2 rings (SSSR count). The third-order valence-electron chi connectivity index (χ3n) is 3.94. The van der Waals surface area contributed by atoms with Crippen LogP contribution in [-0.4, -0.2) is 36.6 Å². The molecule has 0 fully saturated rings. The number of hydrogen-bond donors (Lipinski definition) is 1. The minimum absolute atomic E-state index is 0.00886. The van der Waals surface area contributed by atoms with Crippen molar-refractivity contribution >= 4 is 29.3 Å². The predicted octanol–water partition coefficient (Wildman–Crippen LogP) is 3.74. The van der Waals surface area contributed by atoms with Crippen LogP contribution < -0.4 is 5.32 Å². The molecule has 0 aliphatic carbocycles. The van der Waals surface area contributed by atoms with Crippen LogP contribution in [0.25, 0.3) is 0 Å². The zero-order valence-electron chi connectivity index (χ0n) is 14.4. The normalized spacial score (nSPS) is 10.3. The number of likely N-dealkylation sites (N-methyl/N-ethyl adjacent to an activating group) is 1. The van der Waals surface area contributed by atoms with Crippen molar-refractivity contribution in [3.63, 3.8) is 0 Å². The lowest BCUT2D eigenvalue weighted by Crippen LogP contribution is -2.35. The lowest BCUT2D eigenvalue weighted by molar-refractivity contribution is -0.116. The molecule has 0 atom stereocenters. The monoisotopic (exact) mass is 342 g/mol. The molecular formula is C19H22N2O2S. The number of carbonyl (C=O) groups excluding carboxylic acids is 2. The summed E-state index contributed by atoms with van der Waals surface area (Å²) in [7, 11) is 1.64. The summed E-state index contributed by atoms with van der Waals surface area (Å²) < 4.78 is 0. The molecule has 2 amide bonds. The molecule has 2 aromatic carbocycles. The first kappa shape index (κ1) is 18.1. The van der Waals surface area contributed by atoms with Gasteiger partial charge in [0.15, 0.2) is 0 Å². The number of nitrogens with one attached hydrogen (secondary N) is 1. The number of carbonyl (C=O) groups is 2.